The highest BCUT2D eigenvalue weighted by Crippen LogP contribution is 2.46. The first-order chi connectivity index (χ1) is 14.3. The Balaban J connectivity index is 1.40. The largest absolute Gasteiger partial charge is 0.479 e. The number of carboxylic acid groups (broad SMARTS) is 1. The van der Waals surface area contributed by atoms with Gasteiger partial charge in [-0.25, -0.2) is 18.0 Å². The van der Waals surface area contributed by atoms with E-state index in [-0.39, 0.29) is 24.8 Å². The molecule has 0 aromatic heterocycles. The molecular weight excluding hydrogens is 406 g/mol. The summed E-state index contributed by atoms with van der Waals surface area (Å²) in [4.78, 5) is 26.1. The molecule has 1 N–H and O–H groups in total. The molecule has 1 aliphatic carbocycles. The third-order valence-corrected chi connectivity index (χ3v) is 8.47. The van der Waals surface area contributed by atoms with E-state index in [2.05, 4.69) is 0 Å². The fourth-order valence-electron chi connectivity index (χ4n) is 5.34. The second-order valence-electron chi connectivity index (χ2n) is 8.23. The zero-order chi connectivity index (χ0) is 21.1. The van der Waals surface area contributed by atoms with Gasteiger partial charge in [0.2, 0.25) is 0 Å². The molecule has 5 rings (SSSR count). The summed E-state index contributed by atoms with van der Waals surface area (Å²) >= 11 is 0. The first-order valence-corrected chi connectivity index (χ1v) is 11.7. The lowest BCUT2D eigenvalue weighted by Crippen LogP contribution is -2.57. The zero-order valence-electron chi connectivity index (χ0n) is 16.2. The van der Waals surface area contributed by atoms with Crippen LogP contribution in [0.3, 0.4) is 0 Å². The number of nitrogens with zero attached hydrogens (tertiary/aromatic N) is 1. The molecule has 1 amide bonds. The number of fused-ring (bicyclic) bond motifs is 4. The number of rotatable bonds is 3. The number of sulfone groups is 1. The number of carbonyl (C=O) groups is 2. The maximum Gasteiger partial charge on any atom is 0.410 e. The quantitative estimate of drug-likeness (QED) is 0.808. The summed E-state index contributed by atoms with van der Waals surface area (Å²) in [6.45, 7) is 0.250. The van der Waals surface area contributed by atoms with Gasteiger partial charge in [-0.1, -0.05) is 48.5 Å². The van der Waals surface area contributed by atoms with E-state index in [9.17, 15) is 23.1 Å². The summed E-state index contributed by atoms with van der Waals surface area (Å²) in [6, 6.07) is 15.9. The molecule has 2 saturated heterocycles. The molecule has 0 bridgehead atoms. The van der Waals surface area contributed by atoms with Crippen LogP contribution in [0.15, 0.2) is 48.5 Å². The van der Waals surface area contributed by atoms with Crippen LogP contribution < -0.4 is 0 Å². The molecule has 3 aliphatic rings. The van der Waals surface area contributed by atoms with Crippen molar-refractivity contribution in [2.75, 3.05) is 24.7 Å². The standard InChI is InChI=1S/C22H21NO6S/c24-20(25)22-13-30(27,28)12-14(22)9-10-23(22)21(26)29-11-19-17-7-3-1-5-15(17)16-6-2-4-8-18(16)19/h1-8,14,19H,9-13H2,(H,24,25)/t14-,22+/m1/s1. The Bertz CT molecular complexity index is 1110. The van der Waals surface area contributed by atoms with Gasteiger partial charge in [-0.2, -0.15) is 0 Å². The minimum atomic E-state index is -3.52. The number of hydrogen-bond acceptors (Lipinski definition) is 5. The van der Waals surface area contributed by atoms with Gasteiger partial charge < -0.3 is 9.84 Å². The number of benzene rings is 2. The Morgan fingerprint density at radius 1 is 1.07 bits per heavy atom. The van der Waals surface area contributed by atoms with Crippen molar-refractivity contribution in [2.45, 2.75) is 17.9 Å². The summed E-state index contributed by atoms with van der Waals surface area (Å²) in [5.41, 5.74) is 2.59. The lowest BCUT2D eigenvalue weighted by atomic mass is 9.88. The number of hydrogen-bond donors (Lipinski definition) is 1. The van der Waals surface area contributed by atoms with Gasteiger partial charge in [0.1, 0.15) is 6.61 Å². The molecule has 0 unspecified atom stereocenters. The van der Waals surface area contributed by atoms with Crippen molar-refractivity contribution in [3.63, 3.8) is 0 Å². The topological polar surface area (TPSA) is 101 Å². The molecule has 0 radical (unpaired) electrons. The number of likely N-dealkylation sites (tertiary alicyclic amines) is 1. The van der Waals surface area contributed by atoms with Crippen molar-refractivity contribution < 1.29 is 27.9 Å². The molecule has 2 aromatic rings. The lowest BCUT2D eigenvalue weighted by molar-refractivity contribution is -0.148. The van der Waals surface area contributed by atoms with E-state index in [0.717, 1.165) is 27.2 Å². The molecule has 2 aliphatic heterocycles. The second-order valence-corrected chi connectivity index (χ2v) is 10.3. The van der Waals surface area contributed by atoms with Crippen molar-refractivity contribution in [1.82, 2.24) is 4.90 Å². The van der Waals surface area contributed by atoms with E-state index in [1.54, 1.807) is 0 Å². The second kappa shape index (κ2) is 6.57. The molecule has 2 fully saturated rings. The Hall–Kier alpha value is -2.87. The van der Waals surface area contributed by atoms with Crippen LogP contribution in [0, 0.1) is 5.92 Å². The summed E-state index contributed by atoms with van der Waals surface area (Å²) in [5.74, 6) is -2.77. The van der Waals surface area contributed by atoms with Crippen LogP contribution in [-0.2, 0) is 19.4 Å². The van der Waals surface area contributed by atoms with Crippen LogP contribution >= 0.6 is 0 Å². The van der Waals surface area contributed by atoms with Crippen LogP contribution in [0.25, 0.3) is 11.1 Å². The highest BCUT2D eigenvalue weighted by molar-refractivity contribution is 7.91. The minimum Gasteiger partial charge on any atom is -0.479 e. The predicted octanol–water partition coefficient (Wildman–Crippen LogP) is 2.51. The fourth-order valence-corrected chi connectivity index (χ4v) is 7.70. The minimum absolute atomic E-state index is 0.0659. The van der Waals surface area contributed by atoms with Crippen molar-refractivity contribution in [3.05, 3.63) is 59.7 Å². The number of aliphatic carboxylic acids is 1. The van der Waals surface area contributed by atoms with Crippen molar-refractivity contribution in [1.29, 1.82) is 0 Å². The van der Waals surface area contributed by atoms with E-state index >= 15 is 0 Å². The first kappa shape index (κ1) is 19.1. The van der Waals surface area contributed by atoms with Gasteiger partial charge >= 0.3 is 12.1 Å². The third kappa shape index (κ3) is 2.66. The molecule has 156 valence electrons. The summed E-state index contributed by atoms with van der Waals surface area (Å²) < 4.78 is 29.8. The number of ether oxygens (including phenoxy) is 1. The molecule has 0 saturated carbocycles. The van der Waals surface area contributed by atoms with Gasteiger partial charge in [0, 0.05) is 18.4 Å². The number of carboxylic acids is 1. The highest BCUT2D eigenvalue weighted by Gasteiger charge is 2.64. The smallest absolute Gasteiger partial charge is 0.410 e. The van der Waals surface area contributed by atoms with Gasteiger partial charge in [0.25, 0.3) is 0 Å². The molecular formula is C22H21NO6S. The Labute approximate surface area is 174 Å². The lowest BCUT2D eigenvalue weighted by Gasteiger charge is -2.32. The van der Waals surface area contributed by atoms with Gasteiger partial charge in [-0.15, -0.1) is 0 Å². The Kier molecular flexibility index (Phi) is 4.18. The molecule has 7 nitrogen and oxygen atoms in total. The Morgan fingerprint density at radius 2 is 1.67 bits per heavy atom. The molecule has 2 atom stereocenters. The maximum atomic E-state index is 12.9. The number of amides is 1. The van der Waals surface area contributed by atoms with Crippen LogP contribution in [0.5, 0.6) is 0 Å². The summed E-state index contributed by atoms with van der Waals surface area (Å²) in [7, 11) is -3.52. The van der Waals surface area contributed by atoms with Crippen LogP contribution in [0.1, 0.15) is 23.5 Å². The van der Waals surface area contributed by atoms with Gasteiger partial charge in [-0.05, 0) is 28.7 Å². The molecule has 30 heavy (non-hydrogen) atoms. The van der Waals surface area contributed by atoms with E-state index in [4.69, 9.17) is 4.74 Å². The average molecular weight is 427 g/mol. The van der Waals surface area contributed by atoms with Crippen LogP contribution in [0.4, 0.5) is 4.79 Å². The van der Waals surface area contributed by atoms with Crippen molar-refractivity contribution in [3.8, 4) is 11.1 Å². The van der Waals surface area contributed by atoms with Gasteiger partial charge in [0.15, 0.2) is 15.4 Å². The van der Waals surface area contributed by atoms with Gasteiger partial charge in [0.05, 0.1) is 11.5 Å². The van der Waals surface area contributed by atoms with E-state index in [0.29, 0.717) is 6.42 Å². The van der Waals surface area contributed by atoms with E-state index < -0.39 is 39.1 Å². The third-order valence-electron chi connectivity index (χ3n) is 6.68. The van der Waals surface area contributed by atoms with Crippen molar-refractivity contribution >= 4 is 21.9 Å². The summed E-state index contributed by atoms with van der Waals surface area (Å²) in [6.07, 6.45) is -0.422. The summed E-state index contributed by atoms with van der Waals surface area (Å²) in [5, 5.41) is 9.85. The van der Waals surface area contributed by atoms with Crippen LogP contribution in [0.2, 0.25) is 0 Å². The predicted molar refractivity (Wildman–Crippen MR) is 109 cm³/mol. The number of carbonyl (C=O) groups excluding carboxylic acids is 1. The average Bonchev–Trinajstić information content (AvgIpc) is 3.31. The monoisotopic (exact) mass is 427 g/mol. The van der Waals surface area contributed by atoms with Crippen molar-refractivity contribution in [2.24, 2.45) is 5.92 Å². The normalized spacial score (nSPS) is 26.1. The van der Waals surface area contributed by atoms with E-state index in [1.807, 2.05) is 48.5 Å². The van der Waals surface area contributed by atoms with Gasteiger partial charge in [-0.3, -0.25) is 4.90 Å². The Morgan fingerprint density at radius 3 is 2.27 bits per heavy atom. The molecule has 2 aromatic carbocycles. The molecule has 2 heterocycles. The zero-order valence-corrected chi connectivity index (χ0v) is 17.0. The first-order valence-electron chi connectivity index (χ1n) is 9.90. The van der Waals surface area contributed by atoms with E-state index in [1.165, 1.54) is 0 Å². The SMILES string of the molecule is O=C(OCC1c2ccccc2-c2ccccc21)N1CC[C@@H]2CS(=O)(=O)C[C@@]21C(=O)O. The highest BCUT2D eigenvalue weighted by atomic mass is 32.2. The fraction of sp³-hybridized carbons (Fsp3) is 0.364. The maximum absolute atomic E-state index is 12.9. The molecule has 8 heteroatoms. The molecule has 0 spiro atoms. The van der Waals surface area contributed by atoms with Crippen LogP contribution in [-0.4, -0.2) is 60.7 Å².